The van der Waals surface area contributed by atoms with E-state index < -0.39 is 39.2 Å². The van der Waals surface area contributed by atoms with Gasteiger partial charge in [0.2, 0.25) is 5.91 Å². The summed E-state index contributed by atoms with van der Waals surface area (Å²) in [6, 6.07) is 15.9. The van der Waals surface area contributed by atoms with E-state index in [-0.39, 0.29) is 23.7 Å². The first-order chi connectivity index (χ1) is 17.4. The van der Waals surface area contributed by atoms with Crippen molar-refractivity contribution in [1.29, 1.82) is 0 Å². The van der Waals surface area contributed by atoms with Gasteiger partial charge in [0.1, 0.15) is 18.9 Å². The summed E-state index contributed by atoms with van der Waals surface area (Å²) in [5, 5.41) is 1.96. The molecule has 0 saturated heterocycles. The lowest BCUT2D eigenvalue weighted by atomic mass is 10.2. The van der Waals surface area contributed by atoms with Crippen LogP contribution < -0.4 is 14.4 Å². The molecule has 0 aliphatic rings. The van der Waals surface area contributed by atoms with Crippen LogP contribution in [-0.2, 0) is 27.4 Å². The minimum Gasteiger partial charge on any atom is -0.492 e. The van der Waals surface area contributed by atoms with E-state index in [0.717, 1.165) is 29.7 Å². The number of ether oxygens (including phenoxy) is 1. The number of nitrogens with zero attached hydrogens (tertiary/aromatic N) is 1. The Labute approximate surface area is 219 Å². The van der Waals surface area contributed by atoms with Crippen LogP contribution in [0.1, 0.15) is 23.6 Å². The molecule has 11 heteroatoms. The predicted molar refractivity (Wildman–Crippen MR) is 136 cm³/mol. The van der Waals surface area contributed by atoms with Crippen molar-refractivity contribution < 1.29 is 31.1 Å². The lowest BCUT2D eigenvalue weighted by Gasteiger charge is -2.25. The highest BCUT2D eigenvalue weighted by Crippen LogP contribution is 2.38. The molecule has 37 heavy (non-hydrogen) atoms. The number of benzene rings is 3. The zero-order valence-electron chi connectivity index (χ0n) is 20.2. The molecule has 0 aromatic heterocycles. The van der Waals surface area contributed by atoms with E-state index in [1.807, 2.05) is 19.1 Å². The van der Waals surface area contributed by atoms with Crippen molar-refractivity contribution in [3.8, 4) is 5.75 Å². The SMILES string of the molecule is CCc1ccc(OCCNC(=O)CN(c2ccc(Cl)c(C(F)(F)F)c2)S(=O)(=O)c2ccc(C)cc2)cc1. The normalized spacial score (nSPS) is 11.7. The molecule has 0 aliphatic heterocycles. The molecule has 0 heterocycles. The summed E-state index contributed by atoms with van der Waals surface area (Å²) < 4.78 is 73.4. The number of carbonyl (C=O) groups excluding carboxylic acids is 1. The molecule has 1 N–H and O–H groups in total. The fraction of sp³-hybridized carbons (Fsp3) is 0.269. The van der Waals surface area contributed by atoms with Gasteiger partial charge >= 0.3 is 6.18 Å². The maximum absolute atomic E-state index is 13.5. The van der Waals surface area contributed by atoms with Gasteiger partial charge in [-0.05, 0) is 61.4 Å². The lowest BCUT2D eigenvalue weighted by Crippen LogP contribution is -2.42. The number of hydrogen-bond acceptors (Lipinski definition) is 4. The van der Waals surface area contributed by atoms with Gasteiger partial charge in [0.25, 0.3) is 10.0 Å². The number of aryl methyl sites for hydroxylation is 2. The molecule has 3 rings (SSSR count). The van der Waals surface area contributed by atoms with E-state index in [4.69, 9.17) is 16.3 Å². The van der Waals surface area contributed by atoms with Crippen LogP contribution in [0.2, 0.25) is 5.02 Å². The fourth-order valence-electron chi connectivity index (χ4n) is 3.41. The first kappa shape index (κ1) is 28.3. The summed E-state index contributed by atoms with van der Waals surface area (Å²) in [5.74, 6) is -0.111. The first-order valence-electron chi connectivity index (χ1n) is 11.4. The summed E-state index contributed by atoms with van der Waals surface area (Å²) in [6.07, 6.45) is -3.93. The minimum absolute atomic E-state index is 0.0567. The topological polar surface area (TPSA) is 75.7 Å². The zero-order valence-corrected chi connectivity index (χ0v) is 21.8. The molecule has 0 spiro atoms. The predicted octanol–water partition coefficient (Wildman–Crippen LogP) is 5.62. The third-order valence-corrected chi connectivity index (χ3v) is 7.58. The third kappa shape index (κ3) is 7.39. The van der Waals surface area contributed by atoms with E-state index in [1.54, 1.807) is 31.2 Å². The van der Waals surface area contributed by atoms with Gasteiger partial charge in [0.05, 0.1) is 27.7 Å². The van der Waals surface area contributed by atoms with Gasteiger partial charge in [-0.2, -0.15) is 13.2 Å². The molecular formula is C26H26ClF3N2O4S. The summed E-state index contributed by atoms with van der Waals surface area (Å²) in [4.78, 5) is 12.5. The number of halogens is 4. The van der Waals surface area contributed by atoms with Crippen LogP contribution in [0.5, 0.6) is 5.75 Å². The number of rotatable bonds is 10. The molecule has 0 atom stereocenters. The summed E-state index contributed by atoms with van der Waals surface area (Å²) in [6.45, 7) is 3.21. The number of hydrogen-bond donors (Lipinski definition) is 1. The molecule has 0 radical (unpaired) electrons. The molecule has 0 unspecified atom stereocenters. The second-order valence-electron chi connectivity index (χ2n) is 8.18. The average molecular weight is 555 g/mol. The molecule has 198 valence electrons. The second-order valence-corrected chi connectivity index (χ2v) is 10.5. The number of anilines is 1. The zero-order chi connectivity index (χ0) is 27.2. The van der Waals surface area contributed by atoms with E-state index in [9.17, 15) is 26.4 Å². The highest BCUT2D eigenvalue weighted by molar-refractivity contribution is 7.92. The van der Waals surface area contributed by atoms with Crippen molar-refractivity contribution in [3.63, 3.8) is 0 Å². The fourth-order valence-corrected chi connectivity index (χ4v) is 5.04. The van der Waals surface area contributed by atoms with E-state index in [2.05, 4.69) is 5.32 Å². The number of amides is 1. The van der Waals surface area contributed by atoms with Gasteiger partial charge in [0, 0.05) is 0 Å². The maximum Gasteiger partial charge on any atom is 0.417 e. The largest absolute Gasteiger partial charge is 0.492 e. The van der Waals surface area contributed by atoms with Crippen LogP contribution in [0.4, 0.5) is 18.9 Å². The highest BCUT2D eigenvalue weighted by Gasteiger charge is 2.35. The van der Waals surface area contributed by atoms with Crippen LogP contribution in [0.25, 0.3) is 0 Å². The number of sulfonamides is 1. The van der Waals surface area contributed by atoms with Gasteiger partial charge in [-0.15, -0.1) is 0 Å². The molecule has 0 fully saturated rings. The molecule has 0 aliphatic carbocycles. The van der Waals surface area contributed by atoms with Crippen molar-refractivity contribution in [2.75, 3.05) is 24.0 Å². The molecular weight excluding hydrogens is 529 g/mol. The Bertz CT molecular complexity index is 1330. The smallest absolute Gasteiger partial charge is 0.417 e. The van der Waals surface area contributed by atoms with Crippen molar-refractivity contribution in [3.05, 3.63) is 88.4 Å². The molecule has 6 nitrogen and oxygen atoms in total. The van der Waals surface area contributed by atoms with Crippen LogP contribution in [0.15, 0.2) is 71.6 Å². The van der Waals surface area contributed by atoms with E-state index in [1.165, 1.54) is 12.1 Å². The maximum atomic E-state index is 13.5. The van der Waals surface area contributed by atoms with Crippen molar-refractivity contribution in [2.45, 2.75) is 31.3 Å². The van der Waals surface area contributed by atoms with Gasteiger partial charge in [0.15, 0.2) is 0 Å². The van der Waals surface area contributed by atoms with E-state index in [0.29, 0.717) is 16.1 Å². The van der Waals surface area contributed by atoms with Crippen molar-refractivity contribution >= 4 is 33.2 Å². The Kier molecular flexibility index (Phi) is 9.09. The highest BCUT2D eigenvalue weighted by atomic mass is 35.5. The molecule has 0 bridgehead atoms. The number of carbonyl (C=O) groups is 1. The van der Waals surface area contributed by atoms with Gasteiger partial charge in [-0.3, -0.25) is 9.10 Å². The van der Waals surface area contributed by atoms with Crippen LogP contribution in [-0.4, -0.2) is 34.0 Å². The summed E-state index contributed by atoms with van der Waals surface area (Å²) in [5.41, 5.74) is 0.378. The van der Waals surface area contributed by atoms with Crippen molar-refractivity contribution in [2.24, 2.45) is 0 Å². The molecule has 3 aromatic rings. The Balaban J connectivity index is 1.79. The monoisotopic (exact) mass is 554 g/mol. The average Bonchev–Trinajstić information content (AvgIpc) is 2.85. The quantitative estimate of drug-likeness (QED) is 0.330. The standard InChI is InChI=1S/C26H26ClF3N2O4S/c1-3-19-6-9-21(10-7-19)36-15-14-31-25(33)17-32(37(34,35)22-11-4-18(2)5-12-22)20-8-13-24(27)23(16-20)26(28,29)30/h4-13,16H,3,14-15,17H2,1-2H3,(H,31,33). The summed E-state index contributed by atoms with van der Waals surface area (Å²) >= 11 is 5.71. The lowest BCUT2D eigenvalue weighted by molar-refractivity contribution is -0.137. The van der Waals surface area contributed by atoms with Crippen LogP contribution >= 0.6 is 11.6 Å². The van der Waals surface area contributed by atoms with Crippen LogP contribution in [0, 0.1) is 6.92 Å². The third-order valence-electron chi connectivity index (χ3n) is 5.46. The number of alkyl halides is 3. The van der Waals surface area contributed by atoms with Gasteiger partial charge in [-0.1, -0.05) is 48.4 Å². The minimum atomic E-state index is -4.82. The Morgan fingerprint density at radius 3 is 2.27 bits per heavy atom. The second kappa shape index (κ2) is 11.9. The van der Waals surface area contributed by atoms with Crippen molar-refractivity contribution in [1.82, 2.24) is 5.32 Å². The Hall–Kier alpha value is -3.24. The van der Waals surface area contributed by atoms with E-state index >= 15 is 0 Å². The van der Waals surface area contributed by atoms with Gasteiger partial charge < -0.3 is 10.1 Å². The Morgan fingerprint density at radius 2 is 1.68 bits per heavy atom. The first-order valence-corrected chi connectivity index (χ1v) is 13.2. The van der Waals surface area contributed by atoms with Crippen LogP contribution in [0.3, 0.4) is 0 Å². The van der Waals surface area contributed by atoms with Gasteiger partial charge in [-0.25, -0.2) is 8.42 Å². The molecule has 1 amide bonds. The Morgan fingerprint density at radius 1 is 1.03 bits per heavy atom. The number of nitrogens with one attached hydrogen (secondary N) is 1. The molecule has 3 aromatic carbocycles. The molecule has 0 saturated carbocycles. The summed E-state index contributed by atoms with van der Waals surface area (Å²) in [7, 11) is -4.39.